The fourth-order valence-corrected chi connectivity index (χ4v) is 1.80. The second kappa shape index (κ2) is 6.91. The number of rotatable bonds is 6. The Labute approximate surface area is 118 Å². The van der Waals surface area contributed by atoms with Gasteiger partial charge in [-0.1, -0.05) is 13.8 Å². The number of nitrogens with one attached hydrogen (secondary N) is 1. The molecular formula is C14H21N3O3. The van der Waals surface area contributed by atoms with Gasteiger partial charge in [0.2, 0.25) is 11.8 Å². The van der Waals surface area contributed by atoms with E-state index >= 15 is 0 Å². The fraction of sp³-hybridized carbons (Fsp3) is 0.429. The zero-order valence-electron chi connectivity index (χ0n) is 12.0. The van der Waals surface area contributed by atoms with E-state index in [2.05, 4.69) is 5.32 Å². The molecule has 0 aromatic heterocycles. The molecule has 1 atom stereocenters. The van der Waals surface area contributed by atoms with Gasteiger partial charge in [0.05, 0.1) is 18.8 Å². The van der Waals surface area contributed by atoms with Crippen molar-refractivity contribution in [1.29, 1.82) is 0 Å². The third-order valence-electron chi connectivity index (χ3n) is 2.80. The Hall–Kier alpha value is -2.08. The van der Waals surface area contributed by atoms with E-state index in [-0.39, 0.29) is 5.91 Å². The third-order valence-corrected chi connectivity index (χ3v) is 2.80. The van der Waals surface area contributed by atoms with Crippen molar-refractivity contribution in [3.63, 3.8) is 0 Å². The average Bonchev–Trinajstić information content (AvgIpc) is 2.37. The van der Waals surface area contributed by atoms with Crippen LogP contribution in [0.15, 0.2) is 18.2 Å². The Balaban J connectivity index is 2.92. The molecule has 0 spiro atoms. The molecule has 0 saturated carbocycles. The molecule has 0 saturated heterocycles. The largest absolute Gasteiger partial charge is 0.495 e. The van der Waals surface area contributed by atoms with Crippen molar-refractivity contribution in [2.24, 2.45) is 17.4 Å². The smallest absolute Gasteiger partial charge is 0.248 e. The standard InChI is InChI=1S/C14H21N3O3/c1-8(2)6-10(15)14(19)17-11-7-9(13(16)18)4-5-12(11)20-3/h4-5,7-8,10H,6,15H2,1-3H3,(H2,16,18)(H,17,19). The number of carbonyl (C=O) groups is 2. The van der Waals surface area contributed by atoms with Gasteiger partial charge in [-0.2, -0.15) is 0 Å². The summed E-state index contributed by atoms with van der Waals surface area (Å²) in [6, 6.07) is 3.97. The lowest BCUT2D eigenvalue weighted by Crippen LogP contribution is -2.36. The average molecular weight is 279 g/mol. The highest BCUT2D eigenvalue weighted by Gasteiger charge is 2.17. The first-order chi connectivity index (χ1) is 9.35. The molecule has 0 radical (unpaired) electrons. The molecule has 0 heterocycles. The van der Waals surface area contributed by atoms with E-state index < -0.39 is 11.9 Å². The van der Waals surface area contributed by atoms with E-state index in [1.54, 1.807) is 6.07 Å². The Morgan fingerprint density at radius 3 is 2.50 bits per heavy atom. The van der Waals surface area contributed by atoms with Crippen LogP contribution < -0.4 is 21.5 Å². The van der Waals surface area contributed by atoms with E-state index in [1.165, 1.54) is 19.2 Å². The summed E-state index contributed by atoms with van der Waals surface area (Å²) >= 11 is 0. The summed E-state index contributed by atoms with van der Waals surface area (Å²) in [7, 11) is 1.48. The summed E-state index contributed by atoms with van der Waals surface area (Å²) in [5.74, 6) is -0.136. The lowest BCUT2D eigenvalue weighted by molar-refractivity contribution is -0.117. The number of benzene rings is 1. The monoisotopic (exact) mass is 279 g/mol. The Bertz CT molecular complexity index is 500. The maximum absolute atomic E-state index is 12.0. The van der Waals surface area contributed by atoms with E-state index in [0.717, 1.165) is 0 Å². The van der Waals surface area contributed by atoms with Crippen LogP contribution in [0.4, 0.5) is 5.69 Å². The van der Waals surface area contributed by atoms with Crippen LogP contribution in [0.25, 0.3) is 0 Å². The van der Waals surface area contributed by atoms with Crippen molar-refractivity contribution < 1.29 is 14.3 Å². The fourth-order valence-electron chi connectivity index (χ4n) is 1.80. The van der Waals surface area contributed by atoms with E-state index in [1.807, 2.05) is 13.8 Å². The number of amides is 2. The second-order valence-corrected chi connectivity index (χ2v) is 5.00. The number of hydrogen-bond donors (Lipinski definition) is 3. The van der Waals surface area contributed by atoms with Gasteiger partial charge in [-0.25, -0.2) is 0 Å². The van der Waals surface area contributed by atoms with Crippen molar-refractivity contribution in [3.8, 4) is 5.75 Å². The number of methoxy groups -OCH3 is 1. The number of anilines is 1. The lowest BCUT2D eigenvalue weighted by Gasteiger charge is -2.16. The summed E-state index contributed by atoms with van der Waals surface area (Å²) in [6.07, 6.45) is 0.573. The van der Waals surface area contributed by atoms with Gasteiger partial charge in [0.25, 0.3) is 0 Å². The predicted molar refractivity (Wildman–Crippen MR) is 77.6 cm³/mol. The zero-order valence-corrected chi connectivity index (χ0v) is 12.0. The number of carbonyl (C=O) groups excluding carboxylic acids is 2. The van der Waals surface area contributed by atoms with Crippen LogP contribution in [-0.2, 0) is 4.79 Å². The predicted octanol–water partition coefficient (Wildman–Crippen LogP) is 1.11. The van der Waals surface area contributed by atoms with Gasteiger partial charge >= 0.3 is 0 Å². The van der Waals surface area contributed by atoms with Crippen LogP contribution in [0.5, 0.6) is 5.75 Å². The molecule has 2 amide bonds. The Kier molecular flexibility index (Phi) is 5.52. The molecule has 1 aromatic rings. The van der Waals surface area contributed by atoms with Crippen molar-refractivity contribution in [3.05, 3.63) is 23.8 Å². The molecule has 0 aliphatic rings. The first-order valence-corrected chi connectivity index (χ1v) is 6.39. The molecule has 1 unspecified atom stereocenters. The van der Waals surface area contributed by atoms with Gasteiger partial charge in [0, 0.05) is 5.56 Å². The topological polar surface area (TPSA) is 107 Å². The normalized spacial score (nSPS) is 12.1. The quantitative estimate of drug-likeness (QED) is 0.724. The van der Waals surface area contributed by atoms with Crippen LogP contribution in [-0.4, -0.2) is 25.0 Å². The Morgan fingerprint density at radius 1 is 1.35 bits per heavy atom. The van der Waals surface area contributed by atoms with Crippen LogP contribution in [0.3, 0.4) is 0 Å². The molecule has 20 heavy (non-hydrogen) atoms. The first kappa shape index (κ1) is 16.0. The SMILES string of the molecule is COc1ccc(C(N)=O)cc1NC(=O)C(N)CC(C)C. The minimum Gasteiger partial charge on any atom is -0.495 e. The van der Waals surface area contributed by atoms with Crippen LogP contribution in [0.1, 0.15) is 30.6 Å². The highest BCUT2D eigenvalue weighted by atomic mass is 16.5. The molecule has 0 fully saturated rings. The van der Waals surface area contributed by atoms with Crippen molar-refractivity contribution >= 4 is 17.5 Å². The molecule has 0 aliphatic carbocycles. The van der Waals surface area contributed by atoms with Gasteiger partial charge < -0.3 is 21.5 Å². The van der Waals surface area contributed by atoms with Gasteiger partial charge in [0.15, 0.2) is 0 Å². The summed E-state index contributed by atoms with van der Waals surface area (Å²) in [5.41, 5.74) is 11.7. The van der Waals surface area contributed by atoms with Crippen molar-refractivity contribution in [1.82, 2.24) is 0 Å². The molecule has 110 valence electrons. The molecular weight excluding hydrogens is 258 g/mol. The minimum absolute atomic E-state index is 0.290. The lowest BCUT2D eigenvalue weighted by atomic mass is 10.0. The van der Waals surface area contributed by atoms with Crippen LogP contribution in [0, 0.1) is 5.92 Å². The van der Waals surface area contributed by atoms with Crippen LogP contribution in [0.2, 0.25) is 0 Å². The van der Waals surface area contributed by atoms with E-state index in [9.17, 15) is 9.59 Å². The summed E-state index contributed by atoms with van der Waals surface area (Å²) in [5, 5.41) is 2.67. The summed E-state index contributed by atoms with van der Waals surface area (Å²) < 4.78 is 5.13. The Morgan fingerprint density at radius 2 is 2.00 bits per heavy atom. The number of primary amides is 1. The van der Waals surface area contributed by atoms with Gasteiger partial charge in [-0.3, -0.25) is 9.59 Å². The molecule has 5 N–H and O–H groups in total. The number of ether oxygens (including phenoxy) is 1. The van der Waals surface area contributed by atoms with Crippen LogP contribution >= 0.6 is 0 Å². The summed E-state index contributed by atoms with van der Waals surface area (Å²) in [4.78, 5) is 23.2. The highest BCUT2D eigenvalue weighted by Crippen LogP contribution is 2.25. The zero-order chi connectivity index (χ0) is 15.3. The number of hydrogen-bond acceptors (Lipinski definition) is 4. The first-order valence-electron chi connectivity index (χ1n) is 6.39. The van der Waals surface area contributed by atoms with E-state index in [4.69, 9.17) is 16.2 Å². The maximum Gasteiger partial charge on any atom is 0.248 e. The molecule has 1 rings (SSSR count). The maximum atomic E-state index is 12.0. The van der Waals surface area contributed by atoms with Gasteiger partial charge in [-0.05, 0) is 30.5 Å². The molecule has 0 bridgehead atoms. The molecule has 1 aromatic carbocycles. The molecule has 6 heteroatoms. The third kappa shape index (κ3) is 4.24. The minimum atomic E-state index is -0.614. The number of nitrogens with two attached hydrogens (primary N) is 2. The van der Waals surface area contributed by atoms with Gasteiger partial charge in [0.1, 0.15) is 5.75 Å². The molecule has 6 nitrogen and oxygen atoms in total. The van der Waals surface area contributed by atoms with Crippen molar-refractivity contribution in [2.75, 3.05) is 12.4 Å². The van der Waals surface area contributed by atoms with Crippen molar-refractivity contribution in [2.45, 2.75) is 26.3 Å². The summed E-state index contributed by atoms with van der Waals surface area (Å²) in [6.45, 7) is 3.98. The van der Waals surface area contributed by atoms with Gasteiger partial charge in [-0.15, -0.1) is 0 Å². The molecule has 0 aliphatic heterocycles. The second-order valence-electron chi connectivity index (χ2n) is 5.00. The van der Waals surface area contributed by atoms with E-state index in [0.29, 0.717) is 29.3 Å². The highest BCUT2D eigenvalue weighted by molar-refractivity contribution is 5.99.